The zero-order valence-electron chi connectivity index (χ0n) is 10.1. The maximum Gasteiger partial charge on any atom is 0.276 e. The molecule has 0 saturated heterocycles. The van der Waals surface area contributed by atoms with Gasteiger partial charge in [0.25, 0.3) is 5.91 Å². The number of aryl methyl sites for hydroxylation is 2. The summed E-state index contributed by atoms with van der Waals surface area (Å²) in [4.78, 5) is 12.0. The highest BCUT2D eigenvalue weighted by Crippen LogP contribution is 2.21. The van der Waals surface area contributed by atoms with E-state index >= 15 is 0 Å². The van der Waals surface area contributed by atoms with E-state index < -0.39 is 0 Å². The van der Waals surface area contributed by atoms with Crippen LogP contribution in [0.5, 0.6) is 0 Å². The molecule has 0 spiro atoms. The molecule has 2 aromatic rings. The van der Waals surface area contributed by atoms with Crippen molar-refractivity contribution >= 4 is 33.2 Å². The van der Waals surface area contributed by atoms with E-state index in [9.17, 15) is 4.79 Å². The number of nitrogen functional groups attached to an aromatic ring is 1. The largest absolute Gasteiger partial charge is 0.396 e. The standard InChI is InChI=1S/C12H13BrN4O/c1-7-5-8(3-4-9(7)13)16-12(18)11-10(14)6-15-17(11)2/h3-6H,14H2,1-2H3,(H,16,18). The lowest BCUT2D eigenvalue weighted by Gasteiger charge is -2.08. The van der Waals surface area contributed by atoms with Gasteiger partial charge < -0.3 is 11.1 Å². The Morgan fingerprint density at radius 3 is 2.78 bits per heavy atom. The number of halogens is 1. The van der Waals surface area contributed by atoms with Crippen molar-refractivity contribution < 1.29 is 4.79 Å². The highest BCUT2D eigenvalue weighted by atomic mass is 79.9. The lowest BCUT2D eigenvalue weighted by Crippen LogP contribution is -2.17. The van der Waals surface area contributed by atoms with Crippen molar-refractivity contribution in [1.29, 1.82) is 0 Å². The van der Waals surface area contributed by atoms with E-state index in [1.807, 2.05) is 25.1 Å². The van der Waals surface area contributed by atoms with Gasteiger partial charge in [0.15, 0.2) is 0 Å². The molecule has 0 fully saturated rings. The Balaban J connectivity index is 2.24. The number of hydrogen-bond donors (Lipinski definition) is 2. The van der Waals surface area contributed by atoms with Crippen LogP contribution in [-0.2, 0) is 7.05 Å². The summed E-state index contributed by atoms with van der Waals surface area (Å²) in [6.45, 7) is 1.96. The molecule has 5 nitrogen and oxygen atoms in total. The summed E-state index contributed by atoms with van der Waals surface area (Å²) in [6.07, 6.45) is 1.46. The van der Waals surface area contributed by atoms with Crippen LogP contribution in [0, 0.1) is 6.92 Å². The molecule has 94 valence electrons. The maximum atomic E-state index is 12.0. The molecule has 0 radical (unpaired) electrons. The van der Waals surface area contributed by atoms with Crippen LogP contribution in [0.1, 0.15) is 16.1 Å². The van der Waals surface area contributed by atoms with Gasteiger partial charge >= 0.3 is 0 Å². The van der Waals surface area contributed by atoms with E-state index in [4.69, 9.17) is 5.73 Å². The lowest BCUT2D eigenvalue weighted by atomic mass is 10.2. The average Bonchev–Trinajstić information content (AvgIpc) is 2.64. The van der Waals surface area contributed by atoms with E-state index in [-0.39, 0.29) is 5.91 Å². The fourth-order valence-electron chi connectivity index (χ4n) is 1.65. The van der Waals surface area contributed by atoms with Crippen LogP contribution < -0.4 is 11.1 Å². The summed E-state index contributed by atoms with van der Waals surface area (Å²) in [5, 5.41) is 6.73. The summed E-state index contributed by atoms with van der Waals surface area (Å²) >= 11 is 3.41. The number of nitrogens with zero attached hydrogens (tertiary/aromatic N) is 2. The Morgan fingerprint density at radius 2 is 2.22 bits per heavy atom. The SMILES string of the molecule is Cc1cc(NC(=O)c2c(N)cnn2C)ccc1Br. The molecule has 1 heterocycles. The molecule has 18 heavy (non-hydrogen) atoms. The summed E-state index contributed by atoms with van der Waals surface area (Å²) in [5.74, 6) is -0.269. The minimum absolute atomic E-state index is 0.269. The fourth-order valence-corrected chi connectivity index (χ4v) is 1.89. The van der Waals surface area contributed by atoms with Crippen molar-refractivity contribution in [3.8, 4) is 0 Å². The van der Waals surface area contributed by atoms with Crippen LogP contribution in [0.25, 0.3) is 0 Å². The number of nitrogens with two attached hydrogens (primary N) is 1. The van der Waals surface area contributed by atoms with Crippen molar-refractivity contribution in [3.05, 3.63) is 40.1 Å². The normalized spacial score (nSPS) is 10.4. The van der Waals surface area contributed by atoms with Crippen LogP contribution in [-0.4, -0.2) is 15.7 Å². The third-order valence-corrected chi connectivity index (χ3v) is 3.49. The number of carbonyl (C=O) groups excluding carboxylic acids is 1. The van der Waals surface area contributed by atoms with Gasteiger partial charge in [0.05, 0.1) is 11.9 Å². The van der Waals surface area contributed by atoms with Gasteiger partial charge in [-0.1, -0.05) is 15.9 Å². The van der Waals surface area contributed by atoms with Gasteiger partial charge in [0, 0.05) is 17.2 Å². The summed E-state index contributed by atoms with van der Waals surface area (Å²) < 4.78 is 2.46. The second-order valence-corrected chi connectivity index (χ2v) is 4.84. The number of aromatic nitrogens is 2. The fraction of sp³-hybridized carbons (Fsp3) is 0.167. The van der Waals surface area contributed by atoms with Gasteiger partial charge in [-0.25, -0.2) is 0 Å². The van der Waals surface area contributed by atoms with Gasteiger partial charge in [-0.3, -0.25) is 9.48 Å². The molecule has 1 amide bonds. The first-order chi connectivity index (χ1) is 8.49. The molecule has 1 aromatic heterocycles. The first kappa shape index (κ1) is 12.6. The molecule has 6 heteroatoms. The van der Waals surface area contributed by atoms with Crippen molar-refractivity contribution in [2.45, 2.75) is 6.92 Å². The minimum atomic E-state index is -0.269. The number of carbonyl (C=O) groups is 1. The Morgan fingerprint density at radius 1 is 1.50 bits per heavy atom. The van der Waals surface area contributed by atoms with Crippen LogP contribution in [0.3, 0.4) is 0 Å². The first-order valence-corrected chi connectivity index (χ1v) is 6.13. The molecule has 0 bridgehead atoms. The maximum absolute atomic E-state index is 12.0. The Bertz CT molecular complexity index is 587. The van der Waals surface area contributed by atoms with Crippen LogP contribution in [0.15, 0.2) is 28.9 Å². The van der Waals surface area contributed by atoms with Crippen LogP contribution in [0.2, 0.25) is 0 Å². The monoisotopic (exact) mass is 308 g/mol. The number of hydrogen-bond acceptors (Lipinski definition) is 3. The topological polar surface area (TPSA) is 72.9 Å². The molecule has 0 atom stereocenters. The van der Waals surface area contributed by atoms with Gasteiger partial charge in [-0.2, -0.15) is 5.10 Å². The lowest BCUT2D eigenvalue weighted by molar-refractivity contribution is 0.101. The molecule has 0 saturated carbocycles. The van der Waals surface area contributed by atoms with Crippen molar-refractivity contribution in [2.24, 2.45) is 7.05 Å². The number of anilines is 2. The number of amides is 1. The molecular formula is C12H13BrN4O. The Labute approximate surface area is 113 Å². The molecule has 0 unspecified atom stereocenters. The predicted octanol–water partition coefficient (Wildman–Crippen LogP) is 2.33. The van der Waals surface area contributed by atoms with Crippen molar-refractivity contribution in [2.75, 3.05) is 11.1 Å². The highest BCUT2D eigenvalue weighted by molar-refractivity contribution is 9.10. The Hall–Kier alpha value is -1.82. The number of benzene rings is 1. The van der Waals surface area contributed by atoms with Gasteiger partial charge in [-0.05, 0) is 30.7 Å². The summed E-state index contributed by atoms with van der Waals surface area (Å²) in [6, 6.07) is 5.59. The van der Waals surface area contributed by atoms with E-state index in [1.54, 1.807) is 7.05 Å². The average molecular weight is 309 g/mol. The third-order valence-electron chi connectivity index (χ3n) is 2.60. The van der Waals surface area contributed by atoms with Gasteiger partial charge in [0.2, 0.25) is 0 Å². The molecule has 3 N–H and O–H groups in total. The van der Waals surface area contributed by atoms with Crippen LogP contribution in [0.4, 0.5) is 11.4 Å². The highest BCUT2D eigenvalue weighted by Gasteiger charge is 2.15. The molecule has 1 aromatic carbocycles. The summed E-state index contributed by atoms with van der Waals surface area (Å²) in [5.41, 5.74) is 8.19. The van der Waals surface area contributed by atoms with E-state index in [0.717, 1.165) is 15.7 Å². The molecule has 0 aliphatic carbocycles. The Kier molecular flexibility index (Phi) is 3.38. The number of nitrogens with one attached hydrogen (secondary N) is 1. The van der Waals surface area contributed by atoms with Crippen molar-refractivity contribution in [1.82, 2.24) is 9.78 Å². The van der Waals surface area contributed by atoms with E-state index in [0.29, 0.717) is 11.4 Å². The molecular weight excluding hydrogens is 296 g/mol. The second-order valence-electron chi connectivity index (χ2n) is 3.99. The number of rotatable bonds is 2. The van der Waals surface area contributed by atoms with Gasteiger partial charge in [-0.15, -0.1) is 0 Å². The van der Waals surface area contributed by atoms with E-state index in [2.05, 4.69) is 26.3 Å². The molecule has 2 rings (SSSR count). The van der Waals surface area contributed by atoms with Crippen molar-refractivity contribution in [3.63, 3.8) is 0 Å². The summed E-state index contributed by atoms with van der Waals surface area (Å²) in [7, 11) is 1.68. The minimum Gasteiger partial charge on any atom is -0.396 e. The quantitative estimate of drug-likeness (QED) is 0.894. The molecule has 0 aliphatic heterocycles. The van der Waals surface area contributed by atoms with Gasteiger partial charge in [0.1, 0.15) is 5.69 Å². The second kappa shape index (κ2) is 4.81. The first-order valence-electron chi connectivity index (χ1n) is 5.34. The van der Waals surface area contributed by atoms with E-state index in [1.165, 1.54) is 10.9 Å². The predicted molar refractivity (Wildman–Crippen MR) is 74.5 cm³/mol. The zero-order chi connectivity index (χ0) is 13.3. The smallest absolute Gasteiger partial charge is 0.276 e. The molecule has 0 aliphatic rings. The third kappa shape index (κ3) is 2.38. The van der Waals surface area contributed by atoms with Crippen LogP contribution >= 0.6 is 15.9 Å². The zero-order valence-corrected chi connectivity index (χ0v) is 11.7.